The van der Waals surface area contributed by atoms with Gasteiger partial charge in [-0.3, -0.25) is 5.41 Å². The van der Waals surface area contributed by atoms with Crippen molar-refractivity contribution in [3.63, 3.8) is 0 Å². The van der Waals surface area contributed by atoms with E-state index >= 15 is 0 Å². The van der Waals surface area contributed by atoms with E-state index in [4.69, 9.17) is 32.2 Å². The van der Waals surface area contributed by atoms with Gasteiger partial charge in [0.1, 0.15) is 11.6 Å². The maximum absolute atomic E-state index is 7.46. The van der Waals surface area contributed by atoms with Crippen LogP contribution in [0.3, 0.4) is 0 Å². The largest absolute Gasteiger partial charge is 0.492 e. The third-order valence-electron chi connectivity index (χ3n) is 2.73. The predicted molar refractivity (Wildman–Crippen MR) is 66.9 cm³/mol. The van der Waals surface area contributed by atoms with Gasteiger partial charge in [-0.2, -0.15) is 0 Å². The highest BCUT2D eigenvalue weighted by molar-refractivity contribution is 6.30. The van der Waals surface area contributed by atoms with Gasteiger partial charge < -0.3 is 15.2 Å². The number of hydrogen-bond donors (Lipinski definition) is 2. The Morgan fingerprint density at radius 2 is 2.41 bits per heavy atom. The number of nitrogens with one attached hydrogen (secondary N) is 1. The van der Waals surface area contributed by atoms with Gasteiger partial charge in [0.25, 0.3) is 0 Å². The molecule has 1 saturated heterocycles. The number of nitrogens with two attached hydrogens (primary N) is 1. The van der Waals surface area contributed by atoms with Crippen molar-refractivity contribution in [1.82, 2.24) is 0 Å². The molecule has 92 valence electrons. The van der Waals surface area contributed by atoms with Gasteiger partial charge in [0.2, 0.25) is 0 Å². The molecule has 1 aromatic carbocycles. The monoisotopic (exact) mass is 254 g/mol. The van der Waals surface area contributed by atoms with Crippen LogP contribution in [0.4, 0.5) is 0 Å². The van der Waals surface area contributed by atoms with Gasteiger partial charge in [0.15, 0.2) is 0 Å². The molecule has 4 nitrogen and oxygen atoms in total. The molecule has 0 aliphatic carbocycles. The second-order valence-electron chi connectivity index (χ2n) is 4.09. The minimum Gasteiger partial charge on any atom is -0.492 e. The molecule has 1 aliphatic rings. The fourth-order valence-electron chi connectivity index (χ4n) is 1.76. The Labute approximate surface area is 105 Å². The van der Waals surface area contributed by atoms with Crippen LogP contribution in [0.2, 0.25) is 5.02 Å². The van der Waals surface area contributed by atoms with Crippen molar-refractivity contribution >= 4 is 17.4 Å². The molecule has 0 bridgehead atoms. The molecule has 17 heavy (non-hydrogen) atoms. The molecule has 0 amide bonds. The number of rotatable bonds is 4. The smallest absolute Gasteiger partial charge is 0.131 e. The molecule has 5 heteroatoms. The molecule has 0 aromatic heterocycles. The van der Waals surface area contributed by atoms with Crippen LogP contribution >= 0.6 is 11.6 Å². The van der Waals surface area contributed by atoms with E-state index < -0.39 is 0 Å². The fourth-order valence-corrected chi connectivity index (χ4v) is 1.92. The normalized spacial score (nSPS) is 19.2. The molecule has 2 rings (SSSR count). The van der Waals surface area contributed by atoms with Crippen LogP contribution < -0.4 is 10.5 Å². The van der Waals surface area contributed by atoms with Gasteiger partial charge in [0, 0.05) is 17.5 Å². The van der Waals surface area contributed by atoms with Crippen molar-refractivity contribution in [1.29, 1.82) is 5.41 Å². The Morgan fingerprint density at radius 1 is 1.59 bits per heavy atom. The lowest BCUT2D eigenvalue weighted by Gasteiger charge is -2.13. The Balaban J connectivity index is 2.07. The van der Waals surface area contributed by atoms with Crippen molar-refractivity contribution in [3.05, 3.63) is 28.8 Å². The third-order valence-corrected chi connectivity index (χ3v) is 2.97. The summed E-state index contributed by atoms with van der Waals surface area (Å²) in [5.74, 6) is 0.963. The zero-order valence-electron chi connectivity index (χ0n) is 9.41. The van der Waals surface area contributed by atoms with E-state index in [2.05, 4.69) is 0 Å². The quantitative estimate of drug-likeness (QED) is 0.638. The van der Waals surface area contributed by atoms with Gasteiger partial charge in [0.05, 0.1) is 18.8 Å². The number of nitrogen functional groups attached to an aromatic ring is 1. The zero-order chi connectivity index (χ0) is 12.3. The first-order chi connectivity index (χ1) is 8.16. The molecule has 1 unspecified atom stereocenters. The average molecular weight is 255 g/mol. The lowest BCUT2D eigenvalue weighted by molar-refractivity contribution is 0.167. The van der Waals surface area contributed by atoms with Crippen molar-refractivity contribution in [2.75, 3.05) is 19.8 Å². The van der Waals surface area contributed by atoms with E-state index in [1.165, 1.54) is 0 Å². The van der Waals surface area contributed by atoms with E-state index in [1.54, 1.807) is 18.2 Å². The Morgan fingerprint density at radius 3 is 3.06 bits per heavy atom. The summed E-state index contributed by atoms with van der Waals surface area (Å²) in [6.45, 7) is 2.10. The molecule has 1 aliphatic heterocycles. The highest BCUT2D eigenvalue weighted by atomic mass is 35.5. The average Bonchev–Trinajstić information content (AvgIpc) is 2.78. The molecular formula is C12H15ClN2O2. The number of halogens is 1. The van der Waals surface area contributed by atoms with Crippen molar-refractivity contribution in [2.24, 2.45) is 11.7 Å². The second kappa shape index (κ2) is 5.38. The number of amidine groups is 1. The predicted octanol–water partition coefficient (Wildman–Crippen LogP) is 2.04. The summed E-state index contributed by atoms with van der Waals surface area (Å²) in [6, 6.07) is 5.09. The molecule has 0 radical (unpaired) electrons. The van der Waals surface area contributed by atoms with Gasteiger partial charge in [-0.25, -0.2) is 0 Å². The molecule has 1 fully saturated rings. The van der Waals surface area contributed by atoms with E-state index in [0.717, 1.165) is 19.6 Å². The van der Waals surface area contributed by atoms with E-state index in [0.29, 0.717) is 28.9 Å². The van der Waals surface area contributed by atoms with Crippen LogP contribution in [0.25, 0.3) is 0 Å². The molecule has 0 spiro atoms. The third kappa shape index (κ3) is 3.11. The first kappa shape index (κ1) is 12.2. The lowest BCUT2D eigenvalue weighted by Crippen LogP contribution is -2.16. The summed E-state index contributed by atoms with van der Waals surface area (Å²) in [5, 5.41) is 8.04. The second-order valence-corrected chi connectivity index (χ2v) is 4.53. The number of ether oxygens (including phenoxy) is 2. The van der Waals surface area contributed by atoms with Crippen molar-refractivity contribution in [3.8, 4) is 5.75 Å². The van der Waals surface area contributed by atoms with E-state index in [1.807, 2.05) is 0 Å². The van der Waals surface area contributed by atoms with Crippen LogP contribution in [0, 0.1) is 11.3 Å². The lowest BCUT2D eigenvalue weighted by atomic mass is 10.1. The summed E-state index contributed by atoms with van der Waals surface area (Å²) < 4.78 is 11.0. The first-order valence-corrected chi connectivity index (χ1v) is 5.89. The molecule has 3 N–H and O–H groups in total. The highest BCUT2D eigenvalue weighted by Gasteiger charge is 2.17. The Bertz CT molecular complexity index is 417. The minimum atomic E-state index is -0.0145. The van der Waals surface area contributed by atoms with E-state index in [-0.39, 0.29) is 5.84 Å². The molecule has 1 heterocycles. The van der Waals surface area contributed by atoms with Crippen molar-refractivity contribution < 1.29 is 9.47 Å². The minimum absolute atomic E-state index is 0.0145. The SMILES string of the molecule is N=C(N)c1ccc(Cl)cc1OCC1CCOC1. The summed E-state index contributed by atoms with van der Waals surface area (Å²) in [4.78, 5) is 0. The molecule has 1 atom stereocenters. The van der Waals surface area contributed by atoms with Crippen LogP contribution in [-0.2, 0) is 4.74 Å². The first-order valence-electron chi connectivity index (χ1n) is 5.51. The molecule has 0 saturated carbocycles. The van der Waals surface area contributed by atoms with Crippen molar-refractivity contribution in [2.45, 2.75) is 6.42 Å². The van der Waals surface area contributed by atoms with Crippen LogP contribution in [0.1, 0.15) is 12.0 Å². The molecule has 1 aromatic rings. The summed E-state index contributed by atoms with van der Waals surface area (Å²) in [6.07, 6.45) is 1.01. The van der Waals surface area contributed by atoms with Gasteiger partial charge in [-0.15, -0.1) is 0 Å². The Kier molecular flexibility index (Phi) is 3.86. The topological polar surface area (TPSA) is 68.3 Å². The van der Waals surface area contributed by atoms with Gasteiger partial charge in [-0.1, -0.05) is 11.6 Å². The summed E-state index contributed by atoms with van der Waals surface area (Å²) >= 11 is 5.90. The van der Waals surface area contributed by atoms with Crippen LogP contribution in [0.5, 0.6) is 5.75 Å². The maximum Gasteiger partial charge on any atom is 0.131 e. The fraction of sp³-hybridized carbons (Fsp3) is 0.417. The maximum atomic E-state index is 7.46. The Hall–Kier alpha value is -1.26. The standard InChI is InChI=1S/C12H15ClN2O2/c13-9-1-2-10(12(14)15)11(5-9)17-7-8-3-4-16-6-8/h1-2,5,8H,3-4,6-7H2,(H3,14,15). The zero-order valence-corrected chi connectivity index (χ0v) is 10.2. The van der Waals surface area contributed by atoms with Crippen LogP contribution in [0.15, 0.2) is 18.2 Å². The highest BCUT2D eigenvalue weighted by Crippen LogP contribution is 2.24. The van der Waals surface area contributed by atoms with Gasteiger partial charge in [-0.05, 0) is 24.6 Å². The summed E-state index contributed by atoms with van der Waals surface area (Å²) in [5.41, 5.74) is 6.06. The van der Waals surface area contributed by atoms with Gasteiger partial charge >= 0.3 is 0 Å². The molecular weight excluding hydrogens is 240 g/mol. The number of benzene rings is 1. The van der Waals surface area contributed by atoms with E-state index in [9.17, 15) is 0 Å². The number of hydrogen-bond acceptors (Lipinski definition) is 3. The van der Waals surface area contributed by atoms with Crippen LogP contribution in [-0.4, -0.2) is 25.7 Å². The summed E-state index contributed by atoms with van der Waals surface area (Å²) in [7, 11) is 0.